The topological polar surface area (TPSA) is 155 Å². The van der Waals surface area contributed by atoms with Gasteiger partial charge in [0, 0.05) is 31.2 Å². The number of tetrazole rings is 1. The molecule has 13 heteroatoms. The summed E-state index contributed by atoms with van der Waals surface area (Å²) in [6.07, 6.45) is 6.37. The van der Waals surface area contributed by atoms with Crippen LogP contribution in [0, 0.1) is 5.92 Å². The largest absolute Gasteiger partial charge is 0.487 e. The Labute approximate surface area is 227 Å². The molecule has 1 aliphatic heterocycles. The molecule has 0 radical (unpaired) electrons. The summed E-state index contributed by atoms with van der Waals surface area (Å²) < 4.78 is 7.65. The molecule has 1 aromatic carbocycles. The van der Waals surface area contributed by atoms with Crippen LogP contribution in [-0.2, 0) is 11.3 Å². The second-order valence-electron chi connectivity index (χ2n) is 10.6. The van der Waals surface area contributed by atoms with Crippen molar-refractivity contribution in [3.8, 4) is 5.75 Å². The lowest BCUT2D eigenvalue weighted by atomic mass is 9.96. The molecule has 1 saturated carbocycles. The molecule has 0 spiro atoms. The number of ether oxygens (including phenoxy) is 1. The van der Waals surface area contributed by atoms with Crippen LogP contribution in [0.1, 0.15) is 56.3 Å². The maximum absolute atomic E-state index is 13.6. The number of rotatable bonds is 8. The summed E-state index contributed by atoms with van der Waals surface area (Å²) in [6.45, 7) is 4.12. The van der Waals surface area contributed by atoms with Gasteiger partial charge in [0.25, 0.3) is 5.91 Å². The van der Waals surface area contributed by atoms with Gasteiger partial charge in [-0.15, -0.1) is 5.10 Å². The minimum atomic E-state index is -0.433. The molecule has 3 N–H and O–H groups in total. The third-order valence-electron chi connectivity index (χ3n) is 7.38. The SMILES string of the molecule is C[C@H]1CN([C@@H](C)CO)C(=O)c2cc(NC(=O)Cn3cnnn3)ccc2O[C@@H]1CN(C)C(=O)NC1CCCCC1. The zero-order valence-corrected chi connectivity index (χ0v) is 22.7. The highest BCUT2D eigenvalue weighted by molar-refractivity contribution is 5.99. The third-order valence-corrected chi connectivity index (χ3v) is 7.38. The van der Waals surface area contributed by atoms with Crippen LogP contribution >= 0.6 is 0 Å². The van der Waals surface area contributed by atoms with E-state index in [1.165, 1.54) is 17.4 Å². The first kappa shape index (κ1) is 28.3. The Hall–Kier alpha value is -3.74. The van der Waals surface area contributed by atoms with E-state index in [9.17, 15) is 19.5 Å². The maximum Gasteiger partial charge on any atom is 0.317 e. The smallest absolute Gasteiger partial charge is 0.317 e. The van der Waals surface area contributed by atoms with E-state index in [0.29, 0.717) is 24.5 Å². The molecule has 212 valence electrons. The highest BCUT2D eigenvalue weighted by Crippen LogP contribution is 2.31. The Morgan fingerprint density at radius 3 is 2.72 bits per heavy atom. The van der Waals surface area contributed by atoms with Crippen LogP contribution in [0.5, 0.6) is 5.75 Å². The fraction of sp³-hybridized carbons (Fsp3) is 0.615. The van der Waals surface area contributed by atoms with E-state index in [1.54, 1.807) is 42.0 Å². The molecule has 0 saturated heterocycles. The number of amides is 4. The zero-order chi connectivity index (χ0) is 27.9. The molecule has 0 bridgehead atoms. The first-order valence-electron chi connectivity index (χ1n) is 13.5. The van der Waals surface area contributed by atoms with Crippen molar-refractivity contribution in [1.82, 2.24) is 35.3 Å². The van der Waals surface area contributed by atoms with Crippen LogP contribution in [0.15, 0.2) is 24.5 Å². The van der Waals surface area contributed by atoms with Gasteiger partial charge in [-0.3, -0.25) is 9.59 Å². The summed E-state index contributed by atoms with van der Waals surface area (Å²) in [6, 6.07) is 4.49. The van der Waals surface area contributed by atoms with E-state index in [-0.39, 0.29) is 48.5 Å². The van der Waals surface area contributed by atoms with Crippen molar-refractivity contribution in [2.75, 3.05) is 32.1 Å². The predicted molar refractivity (Wildman–Crippen MR) is 142 cm³/mol. The van der Waals surface area contributed by atoms with Crippen LogP contribution in [0.4, 0.5) is 10.5 Å². The van der Waals surface area contributed by atoms with Gasteiger partial charge in [0.2, 0.25) is 5.91 Å². The standard InChI is InChI=1S/C26H38N8O5/c1-17-12-34(18(2)15-35)25(37)21-11-20(28-24(36)14-33-16-27-30-31-33)9-10-22(21)39-23(17)13-32(3)26(38)29-19-7-5-4-6-8-19/h9-11,16-19,23,35H,4-8,12-15H2,1-3H3,(H,28,36)(H,29,38)/t17-,18-,23+/m0/s1. The molecule has 4 rings (SSSR count). The van der Waals surface area contributed by atoms with E-state index in [1.807, 2.05) is 6.92 Å². The van der Waals surface area contributed by atoms with Gasteiger partial charge < -0.3 is 30.3 Å². The molecular formula is C26H38N8O5. The number of carbonyl (C=O) groups is 3. The second kappa shape index (κ2) is 12.9. The molecule has 0 unspecified atom stereocenters. The maximum atomic E-state index is 13.6. The summed E-state index contributed by atoms with van der Waals surface area (Å²) in [7, 11) is 1.75. The second-order valence-corrected chi connectivity index (χ2v) is 10.6. The highest BCUT2D eigenvalue weighted by atomic mass is 16.5. The van der Waals surface area contributed by atoms with Crippen LogP contribution < -0.4 is 15.4 Å². The lowest BCUT2D eigenvalue weighted by molar-refractivity contribution is -0.116. The van der Waals surface area contributed by atoms with Gasteiger partial charge in [-0.05, 0) is 48.4 Å². The lowest BCUT2D eigenvalue weighted by Gasteiger charge is -2.38. The van der Waals surface area contributed by atoms with Gasteiger partial charge in [0.05, 0.1) is 24.8 Å². The van der Waals surface area contributed by atoms with Crippen molar-refractivity contribution in [1.29, 1.82) is 0 Å². The van der Waals surface area contributed by atoms with Crippen molar-refractivity contribution >= 4 is 23.5 Å². The van der Waals surface area contributed by atoms with E-state index in [0.717, 1.165) is 25.7 Å². The highest BCUT2D eigenvalue weighted by Gasteiger charge is 2.34. The molecule has 1 aromatic heterocycles. The molecule has 1 aliphatic carbocycles. The number of anilines is 1. The number of benzene rings is 1. The number of nitrogens with one attached hydrogen (secondary N) is 2. The van der Waals surface area contributed by atoms with E-state index in [2.05, 4.69) is 26.2 Å². The summed E-state index contributed by atoms with van der Waals surface area (Å²) in [4.78, 5) is 42.2. The first-order chi connectivity index (χ1) is 18.7. The Bertz CT molecular complexity index is 1140. The summed E-state index contributed by atoms with van der Waals surface area (Å²) >= 11 is 0. The summed E-state index contributed by atoms with van der Waals surface area (Å²) in [5, 5.41) is 26.5. The number of nitrogens with zero attached hydrogens (tertiary/aromatic N) is 6. The van der Waals surface area contributed by atoms with Gasteiger partial charge in [-0.1, -0.05) is 26.2 Å². The van der Waals surface area contributed by atoms with Crippen molar-refractivity contribution < 1.29 is 24.2 Å². The average Bonchev–Trinajstić information content (AvgIpc) is 3.43. The van der Waals surface area contributed by atoms with Gasteiger partial charge in [0.15, 0.2) is 0 Å². The van der Waals surface area contributed by atoms with Crippen molar-refractivity contribution in [2.45, 2.75) is 70.7 Å². The first-order valence-corrected chi connectivity index (χ1v) is 13.5. The van der Waals surface area contributed by atoms with Crippen LogP contribution in [0.2, 0.25) is 0 Å². The number of hydrogen-bond donors (Lipinski definition) is 3. The van der Waals surface area contributed by atoms with Gasteiger partial charge in [0.1, 0.15) is 24.7 Å². The number of fused-ring (bicyclic) bond motifs is 1. The van der Waals surface area contributed by atoms with Crippen molar-refractivity contribution in [2.24, 2.45) is 5.92 Å². The summed E-state index contributed by atoms with van der Waals surface area (Å²) in [5.74, 6) is -0.445. The molecule has 2 heterocycles. The molecule has 3 atom stereocenters. The number of aromatic nitrogens is 4. The minimum absolute atomic E-state index is 0.0863. The van der Waals surface area contributed by atoms with Gasteiger partial charge in [-0.25, -0.2) is 9.48 Å². The predicted octanol–water partition coefficient (Wildman–Crippen LogP) is 1.51. The molecule has 1 fully saturated rings. The number of urea groups is 1. The van der Waals surface area contributed by atoms with E-state index < -0.39 is 12.1 Å². The number of aliphatic hydroxyl groups excluding tert-OH is 1. The van der Waals surface area contributed by atoms with E-state index in [4.69, 9.17) is 4.74 Å². The Morgan fingerprint density at radius 2 is 2.03 bits per heavy atom. The van der Waals surface area contributed by atoms with Crippen LogP contribution in [0.25, 0.3) is 0 Å². The average molecular weight is 543 g/mol. The van der Waals surface area contributed by atoms with E-state index >= 15 is 0 Å². The number of aliphatic hydroxyl groups is 1. The van der Waals surface area contributed by atoms with Crippen LogP contribution in [-0.4, -0.2) is 97.9 Å². The van der Waals surface area contributed by atoms with Gasteiger partial charge in [-0.2, -0.15) is 0 Å². The molecule has 13 nitrogen and oxygen atoms in total. The molecule has 2 aromatic rings. The number of carbonyl (C=O) groups excluding carboxylic acids is 3. The molecular weight excluding hydrogens is 504 g/mol. The number of hydrogen-bond acceptors (Lipinski definition) is 8. The molecule has 4 amide bonds. The van der Waals surface area contributed by atoms with Gasteiger partial charge >= 0.3 is 6.03 Å². The zero-order valence-electron chi connectivity index (χ0n) is 22.7. The van der Waals surface area contributed by atoms with Crippen molar-refractivity contribution in [3.63, 3.8) is 0 Å². The van der Waals surface area contributed by atoms with Crippen molar-refractivity contribution in [3.05, 3.63) is 30.1 Å². The quantitative estimate of drug-likeness (QED) is 0.453. The Morgan fingerprint density at radius 1 is 1.26 bits per heavy atom. The molecule has 39 heavy (non-hydrogen) atoms. The Kier molecular flexibility index (Phi) is 9.33. The fourth-order valence-corrected chi connectivity index (χ4v) is 5.00. The monoisotopic (exact) mass is 542 g/mol. The Balaban J connectivity index is 1.53. The lowest BCUT2D eigenvalue weighted by Crippen LogP contribution is -2.52. The minimum Gasteiger partial charge on any atom is -0.487 e. The molecule has 2 aliphatic rings. The number of likely N-dealkylation sites (N-methyl/N-ethyl adjacent to an activating group) is 1. The normalized spacial score (nSPS) is 20.7. The fourth-order valence-electron chi connectivity index (χ4n) is 5.00. The third kappa shape index (κ3) is 7.22. The van der Waals surface area contributed by atoms with Crippen LogP contribution in [0.3, 0.4) is 0 Å². The summed E-state index contributed by atoms with van der Waals surface area (Å²) in [5.41, 5.74) is 0.677.